The Labute approximate surface area is 174 Å². The molecular weight excluding hydrogens is 404 g/mol. The van der Waals surface area contributed by atoms with Crippen LogP contribution in [0.1, 0.15) is 0 Å². The Balaban J connectivity index is 1.42. The second kappa shape index (κ2) is 6.90. The van der Waals surface area contributed by atoms with Crippen molar-refractivity contribution in [2.75, 3.05) is 16.4 Å². The molecule has 3 aromatic heterocycles. The van der Waals surface area contributed by atoms with Crippen LogP contribution in [0.25, 0.3) is 20.4 Å². The maximum Gasteiger partial charge on any atom is 0.233 e. The average Bonchev–Trinajstić information content (AvgIpc) is 3.24. The molecule has 8 nitrogen and oxygen atoms in total. The smallest absolute Gasteiger partial charge is 0.233 e. The molecule has 0 aliphatic heterocycles. The summed E-state index contributed by atoms with van der Waals surface area (Å²) in [6, 6.07) is 12.2. The Hall–Kier alpha value is -3.37. The van der Waals surface area contributed by atoms with Gasteiger partial charge in [-0.15, -0.1) is 0 Å². The lowest BCUT2D eigenvalue weighted by Crippen LogP contribution is -2.24. The summed E-state index contributed by atoms with van der Waals surface area (Å²) in [7, 11) is 4.06. The first kappa shape index (κ1) is 17.7. The molecule has 0 fully saturated rings. The average molecular weight is 423 g/mol. The van der Waals surface area contributed by atoms with Gasteiger partial charge >= 0.3 is 0 Å². The first-order valence-corrected chi connectivity index (χ1v) is 10.6. The van der Waals surface area contributed by atoms with Gasteiger partial charge in [0.25, 0.3) is 0 Å². The van der Waals surface area contributed by atoms with Gasteiger partial charge in [0.1, 0.15) is 23.5 Å². The fourth-order valence-electron chi connectivity index (χ4n) is 3.10. The number of aryl methyl sites for hydroxylation is 2. The molecule has 0 radical (unpaired) electrons. The van der Waals surface area contributed by atoms with E-state index in [2.05, 4.69) is 70.0 Å². The lowest BCUT2D eigenvalue weighted by molar-refractivity contribution is -0.640. The normalized spacial score (nSPS) is 11.2. The molecule has 0 bridgehead atoms. The highest BCUT2D eigenvalue weighted by atomic mass is 32.1. The van der Waals surface area contributed by atoms with Crippen molar-refractivity contribution in [3.63, 3.8) is 0 Å². The van der Waals surface area contributed by atoms with Crippen LogP contribution in [0, 0.1) is 0 Å². The zero-order valence-corrected chi connectivity index (χ0v) is 17.4. The van der Waals surface area contributed by atoms with E-state index in [1.165, 1.54) is 20.4 Å². The van der Waals surface area contributed by atoms with E-state index < -0.39 is 0 Å². The van der Waals surface area contributed by atoms with E-state index >= 15 is 0 Å². The van der Waals surface area contributed by atoms with Gasteiger partial charge in [-0.3, -0.25) is 0 Å². The molecule has 2 aromatic carbocycles. The molecule has 0 aliphatic carbocycles. The van der Waals surface area contributed by atoms with Gasteiger partial charge in [0, 0.05) is 23.5 Å². The SMILES string of the molecule is C[n+]1csc2cc(Nc3nc(N)nc(Nc4ccc5c(c4)sc[n+]5C)n3)ccc21. The summed E-state index contributed by atoms with van der Waals surface area (Å²) in [5.41, 5.74) is 14.2. The summed E-state index contributed by atoms with van der Waals surface area (Å²) in [6.07, 6.45) is 0. The number of nitrogen functional groups attached to an aromatic ring is 1. The van der Waals surface area contributed by atoms with Crippen molar-refractivity contribution in [2.24, 2.45) is 14.1 Å². The van der Waals surface area contributed by atoms with Crippen molar-refractivity contribution < 1.29 is 9.13 Å². The van der Waals surface area contributed by atoms with Crippen LogP contribution in [-0.2, 0) is 14.1 Å². The number of fused-ring (bicyclic) bond motifs is 2. The van der Waals surface area contributed by atoms with Crippen molar-refractivity contribution in [1.29, 1.82) is 0 Å². The fourth-order valence-corrected chi connectivity index (χ4v) is 4.93. The third kappa shape index (κ3) is 3.43. The van der Waals surface area contributed by atoms with Gasteiger partial charge in [-0.2, -0.15) is 24.1 Å². The maximum atomic E-state index is 5.91. The van der Waals surface area contributed by atoms with Gasteiger partial charge in [-0.25, -0.2) is 0 Å². The van der Waals surface area contributed by atoms with Crippen molar-refractivity contribution in [3.05, 3.63) is 47.4 Å². The molecule has 0 amide bonds. The molecule has 0 atom stereocenters. The molecule has 3 heterocycles. The molecule has 144 valence electrons. The number of hydrogen-bond acceptors (Lipinski definition) is 8. The molecular formula is C19H18N8S2+2. The predicted molar refractivity (Wildman–Crippen MR) is 117 cm³/mol. The third-order valence-electron chi connectivity index (χ3n) is 4.52. The molecule has 5 rings (SSSR count). The number of nitrogens with zero attached hydrogens (tertiary/aromatic N) is 5. The minimum Gasteiger partial charge on any atom is -0.368 e. The van der Waals surface area contributed by atoms with Crippen molar-refractivity contribution in [2.45, 2.75) is 0 Å². The monoisotopic (exact) mass is 422 g/mol. The second-order valence-electron chi connectivity index (χ2n) is 6.62. The maximum absolute atomic E-state index is 5.91. The van der Waals surface area contributed by atoms with E-state index in [1.54, 1.807) is 22.7 Å². The van der Waals surface area contributed by atoms with E-state index in [0.717, 1.165) is 11.4 Å². The first-order valence-electron chi connectivity index (χ1n) is 8.84. The minimum absolute atomic E-state index is 0.150. The Bertz CT molecular complexity index is 1260. The van der Waals surface area contributed by atoms with Crippen LogP contribution in [0.5, 0.6) is 0 Å². The van der Waals surface area contributed by atoms with Crippen molar-refractivity contribution in [3.8, 4) is 0 Å². The van der Waals surface area contributed by atoms with Crippen LogP contribution in [0.15, 0.2) is 47.4 Å². The van der Waals surface area contributed by atoms with E-state index in [9.17, 15) is 0 Å². The Kier molecular flexibility index (Phi) is 4.22. The van der Waals surface area contributed by atoms with E-state index in [0.29, 0.717) is 11.9 Å². The molecule has 29 heavy (non-hydrogen) atoms. The van der Waals surface area contributed by atoms with Crippen molar-refractivity contribution in [1.82, 2.24) is 15.0 Å². The predicted octanol–water partition coefficient (Wildman–Crippen LogP) is 3.02. The zero-order chi connectivity index (χ0) is 20.0. The summed E-state index contributed by atoms with van der Waals surface area (Å²) in [5.74, 6) is 0.935. The summed E-state index contributed by atoms with van der Waals surface area (Å²) in [6.45, 7) is 0. The zero-order valence-electron chi connectivity index (χ0n) is 15.7. The largest absolute Gasteiger partial charge is 0.368 e. The van der Waals surface area contributed by atoms with Crippen LogP contribution in [0.2, 0.25) is 0 Å². The van der Waals surface area contributed by atoms with Gasteiger partial charge in [-0.05, 0) is 24.3 Å². The summed E-state index contributed by atoms with van der Waals surface area (Å²) in [5, 5.41) is 6.44. The van der Waals surface area contributed by atoms with E-state index in [-0.39, 0.29) is 5.95 Å². The second-order valence-corrected chi connectivity index (χ2v) is 8.40. The van der Waals surface area contributed by atoms with Gasteiger partial charge in [0.05, 0.1) is 0 Å². The summed E-state index contributed by atoms with van der Waals surface area (Å²) < 4.78 is 6.54. The summed E-state index contributed by atoms with van der Waals surface area (Å²) in [4.78, 5) is 12.9. The Morgan fingerprint density at radius 3 is 1.72 bits per heavy atom. The van der Waals surface area contributed by atoms with Crippen LogP contribution in [-0.4, -0.2) is 15.0 Å². The highest BCUT2D eigenvalue weighted by molar-refractivity contribution is 7.16. The number of benzene rings is 2. The number of aromatic nitrogens is 5. The molecule has 4 N–H and O–H groups in total. The van der Waals surface area contributed by atoms with Gasteiger partial charge in [-0.1, -0.05) is 22.7 Å². The van der Waals surface area contributed by atoms with Crippen LogP contribution in [0.3, 0.4) is 0 Å². The van der Waals surface area contributed by atoms with Gasteiger partial charge in [0.15, 0.2) is 0 Å². The van der Waals surface area contributed by atoms with Gasteiger partial charge < -0.3 is 16.4 Å². The first-order chi connectivity index (χ1) is 14.0. The molecule has 0 spiro atoms. The fraction of sp³-hybridized carbons (Fsp3) is 0.105. The quantitative estimate of drug-likeness (QED) is 0.385. The van der Waals surface area contributed by atoms with E-state index in [1.807, 2.05) is 26.2 Å². The lowest BCUT2D eigenvalue weighted by Gasteiger charge is -2.08. The molecule has 10 heteroatoms. The molecule has 5 aromatic rings. The minimum atomic E-state index is 0.150. The highest BCUT2D eigenvalue weighted by Crippen LogP contribution is 2.25. The Morgan fingerprint density at radius 1 is 0.759 bits per heavy atom. The van der Waals surface area contributed by atoms with Crippen LogP contribution in [0.4, 0.5) is 29.2 Å². The number of nitrogens with two attached hydrogens (primary N) is 1. The molecule has 0 saturated carbocycles. The number of rotatable bonds is 4. The number of thiazole rings is 2. The number of anilines is 5. The van der Waals surface area contributed by atoms with Crippen LogP contribution >= 0.6 is 22.7 Å². The van der Waals surface area contributed by atoms with Gasteiger partial charge in [0.2, 0.25) is 39.9 Å². The number of hydrogen-bond donors (Lipinski definition) is 3. The van der Waals surface area contributed by atoms with Crippen LogP contribution < -0.4 is 25.5 Å². The summed E-state index contributed by atoms with van der Waals surface area (Å²) >= 11 is 3.36. The third-order valence-corrected chi connectivity index (χ3v) is 6.53. The van der Waals surface area contributed by atoms with E-state index in [4.69, 9.17) is 5.73 Å². The topological polar surface area (TPSA) is 96.5 Å². The molecule has 0 saturated heterocycles. The standard InChI is InChI=1S/C19H18N8S2/c1-26-9-28-15-7-11(3-5-13(15)26)21-18-23-17(20)24-19(25-18)22-12-4-6-14-16(8-12)29-10-27(14)2/h3-10H,1-2H3,(H4,20,21,22,23,24,25)/q+2. The number of nitrogens with one attached hydrogen (secondary N) is 2. The molecule has 0 unspecified atom stereocenters. The van der Waals surface area contributed by atoms with Crippen molar-refractivity contribution >= 4 is 72.3 Å². The lowest BCUT2D eigenvalue weighted by atomic mass is 10.3. The Morgan fingerprint density at radius 2 is 1.24 bits per heavy atom. The highest BCUT2D eigenvalue weighted by Gasteiger charge is 2.12. The molecule has 0 aliphatic rings.